The Hall–Kier alpha value is -1.02. The van der Waals surface area contributed by atoms with Gasteiger partial charge in [-0.05, 0) is 43.7 Å². The Morgan fingerprint density at radius 1 is 1.05 bits per heavy atom. The largest absolute Gasteiger partial charge is 0.319 e. The molecule has 0 aromatic heterocycles. The summed E-state index contributed by atoms with van der Waals surface area (Å²) < 4.78 is 0. The van der Waals surface area contributed by atoms with Gasteiger partial charge in [-0.15, -0.1) is 0 Å². The molecule has 2 aromatic carbocycles. The van der Waals surface area contributed by atoms with Crippen LogP contribution in [0.1, 0.15) is 22.6 Å². The van der Waals surface area contributed by atoms with E-state index in [9.17, 15) is 0 Å². The molecule has 1 N–H and O–H groups in total. The smallest absolute Gasteiger partial charge is 0.0453 e. The Balaban J connectivity index is 2.22. The third-order valence-electron chi connectivity index (χ3n) is 3.48. The van der Waals surface area contributed by atoms with E-state index in [4.69, 9.17) is 23.2 Å². The quantitative estimate of drug-likeness (QED) is 0.833. The van der Waals surface area contributed by atoms with Crippen molar-refractivity contribution in [2.24, 2.45) is 0 Å². The molecule has 0 saturated heterocycles. The van der Waals surface area contributed by atoms with Gasteiger partial charge in [-0.3, -0.25) is 0 Å². The lowest BCUT2D eigenvalue weighted by Crippen LogP contribution is -2.19. The Bertz CT molecular complexity index is 564. The van der Waals surface area contributed by atoms with Crippen molar-refractivity contribution >= 4 is 23.2 Å². The zero-order chi connectivity index (χ0) is 14.5. The second-order valence-electron chi connectivity index (χ2n) is 5.11. The predicted octanol–water partition coefficient (Wildman–Crippen LogP) is 4.85. The van der Waals surface area contributed by atoms with Gasteiger partial charge in [0.2, 0.25) is 0 Å². The molecular weight excluding hydrogens is 289 g/mol. The van der Waals surface area contributed by atoms with Crippen LogP contribution in [-0.2, 0) is 6.42 Å². The van der Waals surface area contributed by atoms with Crippen molar-refractivity contribution in [1.29, 1.82) is 0 Å². The van der Waals surface area contributed by atoms with Gasteiger partial charge in [0.1, 0.15) is 0 Å². The summed E-state index contributed by atoms with van der Waals surface area (Å²) in [7, 11) is 1.98. The van der Waals surface area contributed by atoms with Crippen molar-refractivity contribution < 1.29 is 0 Å². The highest BCUT2D eigenvalue weighted by Crippen LogP contribution is 2.27. The first-order valence-corrected chi connectivity index (χ1v) is 7.51. The third kappa shape index (κ3) is 3.99. The molecule has 0 fully saturated rings. The SMILES string of the molecule is CNCC(Cc1ccc(Cl)cc1Cl)c1ccc(C)cc1. The minimum Gasteiger partial charge on any atom is -0.319 e. The van der Waals surface area contributed by atoms with Gasteiger partial charge in [-0.25, -0.2) is 0 Å². The molecule has 0 bridgehead atoms. The first-order valence-electron chi connectivity index (χ1n) is 6.75. The third-order valence-corrected chi connectivity index (χ3v) is 4.07. The summed E-state index contributed by atoms with van der Waals surface area (Å²) in [6, 6.07) is 14.4. The van der Waals surface area contributed by atoms with Gasteiger partial charge >= 0.3 is 0 Å². The number of hydrogen-bond acceptors (Lipinski definition) is 1. The molecule has 0 saturated carbocycles. The standard InChI is InChI=1S/C17H19Cl2N/c1-12-3-5-13(6-4-12)15(11-20-2)9-14-7-8-16(18)10-17(14)19/h3-8,10,15,20H,9,11H2,1-2H3. The Labute approximate surface area is 130 Å². The average molecular weight is 308 g/mol. The highest BCUT2D eigenvalue weighted by Gasteiger charge is 2.13. The van der Waals surface area contributed by atoms with Gasteiger partial charge in [0, 0.05) is 22.5 Å². The van der Waals surface area contributed by atoms with E-state index in [1.165, 1.54) is 11.1 Å². The summed E-state index contributed by atoms with van der Waals surface area (Å²) in [5.74, 6) is 0.402. The summed E-state index contributed by atoms with van der Waals surface area (Å²) in [5, 5.41) is 4.68. The van der Waals surface area contributed by atoms with Gasteiger partial charge in [0.25, 0.3) is 0 Å². The number of hydrogen-bond donors (Lipinski definition) is 1. The second-order valence-corrected chi connectivity index (χ2v) is 5.95. The van der Waals surface area contributed by atoms with Crippen molar-refractivity contribution in [1.82, 2.24) is 5.32 Å². The van der Waals surface area contributed by atoms with E-state index in [1.54, 1.807) is 0 Å². The fourth-order valence-corrected chi connectivity index (χ4v) is 2.83. The second kappa shape index (κ2) is 7.12. The van der Waals surface area contributed by atoms with E-state index in [0.29, 0.717) is 10.9 Å². The summed E-state index contributed by atoms with van der Waals surface area (Å²) >= 11 is 12.2. The van der Waals surface area contributed by atoms with Crippen LogP contribution in [0.5, 0.6) is 0 Å². The zero-order valence-electron chi connectivity index (χ0n) is 11.8. The van der Waals surface area contributed by atoms with Gasteiger partial charge in [0.15, 0.2) is 0 Å². The van der Waals surface area contributed by atoms with Crippen LogP contribution in [0.2, 0.25) is 10.0 Å². The monoisotopic (exact) mass is 307 g/mol. The molecule has 2 aromatic rings. The molecule has 0 radical (unpaired) electrons. The van der Waals surface area contributed by atoms with Gasteiger partial charge in [0.05, 0.1) is 0 Å². The fourth-order valence-electron chi connectivity index (χ4n) is 2.35. The molecule has 1 atom stereocenters. The van der Waals surface area contributed by atoms with Crippen molar-refractivity contribution in [2.75, 3.05) is 13.6 Å². The molecule has 0 aliphatic heterocycles. The minimum absolute atomic E-state index is 0.402. The fraction of sp³-hybridized carbons (Fsp3) is 0.294. The maximum atomic E-state index is 6.28. The highest BCUT2D eigenvalue weighted by atomic mass is 35.5. The van der Waals surface area contributed by atoms with Crippen LogP contribution in [0.4, 0.5) is 0 Å². The first-order chi connectivity index (χ1) is 9.60. The highest BCUT2D eigenvalue weighted by molar-refractivity contribution is 6.35. The summed E-state index contributed by atoms with van der Waals surface area (Å²) in [5.41, 5.74) is 3.74. The summed E-state index contributed by atoms with van der Waals surface area (Å²) in [6.07, 6.45) is 0.903. The van der Waals surface area contributed by atoms with E-state index in [2.05, 4.69) is 36.5 Å². The number of halogens is 2. The van der Waals surface area contributed by atoms with E-state index in [1.807, 2.05) is 25.2 Å². The molecule has 1 nitrogen and oxygen atoms in total. The van der Waals surface area contributed by atoms with Crippen LogP contribution in [-0.4, -0.2) is 13.6 Å². The minimum atomic E-state index is 0.402. The molecule has 0 spiro atoms. The van der Waals surface area contributed by atoms with Crippen LogP contribution >= 0.6 is 23.2 Å². The van der Waals surface area contributed by atoms with E-state index in [-0.39, 0.29) is 0 Å². The van der Waals surface area contributed by atoms with Gasteiger partial charge in [-0.2, -0.15) is 0 Å². The zero-order valence-corrected chi connectivity index (χ0v) is 13.3. The molecular formula is C17H19Cl2N. The molecule has 0 aliphatic carbocycles. The number of likely N-dealkylation sites (N-methyl/N-ethyl adjacent to an activating group) is 1. The van der Waals surface area contributed by atoms with Crippen molar-refractivity contribution in [3.63, 3.8) is 0 Å². The molecule has 20 heavy (non-hydrogen) atoms. The summed E-state index contributed by atoms with van der Waals surface area (Å²) in [6.45, 7) is 3.02. The number of aryl methyl sites for hydroxylation is 1. The molecule has 2 rings (SSSR count). The number of nitrogens with one attached hydrogen (secondary N) is 1. The van der Waals surface area contributed by atoms with Gasteiger partial charge < -0.3 is 5.32 Å². The van der Waals surface area contributed by atoms with Crippen molar-refractivity contribution in [3.05, 3.63) is 69.2 Å². The molecule has 0 heterocycles. The van der Waals surface area contributed by atoms with Crippen LogP contribution in [0, 0.1) is 6.92 Å². The average Bonchev–Trinajstić information content (AvgIpc) is 2.42. The van der Waals surface area contributed by atoms with E-state index >= 15 is 0 Å². The van der Waals surface area contributed by atoms with Crippen LogP contribution in [0.15, 0.2) is 42.5 Å². The van der Waals surface area contributed by atoms with E-state index in [0.717, 1.165) is 23.6 Å². The Morgan fingerprint density at radius 2 is 1.75 bits per heavy atom. The lowest BCUT2D eigenvalue weighted by molar-refractivity contribution is 0.626. The number of rotatable bonds is 5. The van der Waals surface area contributed by atoms with Crippen molar-refractivity contribution in [3.8, 4) is 0 Å². The summed E-state index contributed by atoms with van der Waals surface area (Å²) in [4.78, 5) is 0. The normalized spacial score (nSPS) is 12.4. The maximum absolute atomic E-state index is 6.28. The molecule has 3 heteroatoms. The van der Waals surface area contributed by atoms with Crippen molar-refractivity contribution in [2.45, 2.75) is 19.3 Å². The Kier molecular flexibility index (Phi) is 5.47. The van der Waals surface area contributed by atoms with E-state index < -0.39 is 0 Å². The molecule has 106 valence electrons. The maximum Gasteiger partial charge on any atom is 0.0453 e. The van der Waals surface area contributed by atoms with Gasteiger partial charge in [-0.1, -0.05) is 59.1 Å². The topological polar surface area (TPSA) is 12.0 Å². The molecule has 0 aliphatic rings. The van der Waals surface area contributed by atoms with Crippen LogP contribution < -0.4 is 5.32 Å². The molecule has 0 amide bonds. The lowest BCUT2D eigenvalue weighted by atomic mass is 9.91. The predicted molar refractivity (Wildman–Crippen MR) is 88.0 cm³/mol. The first kappa shape index (κ1) is 15.4. The van der Waals surface area contributed by atoms with Crippen LogP contribution in [0.3, 0.4) is 0 Å². The Morgan fingerprint density at radius 3 is 2.35 bits per heavy atom. The molecule has 1 unspecified atom stereocenters. The van der Waals surface area contributed by atoms with Crippen LogP contribution in [0.25, 0.3) is 0 Å². The number of benzene rings is 2. The lowest BCUT2D eigenvalue weighted by Gasteiger charge is -2.18.